The molecule has 3 rings (SSSR count). The van der Waals surface area contributed by atoms with Gasteiger partial charge in [-0.2, -0.15) is 0 Å². The minimum Gasteiger partial charge on any atom is -0.344 e. The number of hydrogen-bond acceptors (Lipinski definition) is 4. The van der Waals surface area contributed by atoms with Crippen LogP contribution in [0.1, 0.15) is 11.8 Å². The monoisotopic (exact) mass is 369 g/mol. The minimum atomic E-state index is -3.50. The number of guanidine groups is 1. The van der Waals surface area contributed by atoms with Crippen molar-refractivity contribution in [3.05, 3.63) is 46.3 Å². The fourth-order valence-electron chi connectivity index (χ4n) is 2.54. The number of benzene rings is 1. The van der Waals surface area contributed by atoms with E-state index in [0.717, 1.165) is 19.6 Å². The highest BCUT2D eigenvalue weighted by molar-refractivity contribution is 7.89. The first kappa shape index (κ1) is 16.3. The zero-order valence-electron chi connectivity index (χ0n) is 12.6. The summed E-state index contributed by atoms with van der Waals surface area (Å²) >= 11 is 7.53. The predicted octanol–water partition coefficient (Wildman–Crippen LogP) is 3.08. The summed E-state index contributed by atoms with van der Waals surface area (Å²) in [5, 5.41) is 11.5. The van der Waals surface area contributed by atoms with E-state index in [1.54, 1.807) is 6.92 Å². The average Bonchev–Trinajstić information content (AvgIpc) is 2.95. The van der Waals surface area contributed by atoms with Crippen LogP contribution in [0.5, 0.6) is 0 Å². The van der Waals surface area contributed by atoms with Gasteiger partial charge in [-0.05, 0) is 36.8 Å². The van der Waals surface area contributed by atoms with Gasteiger partial charge in [-0.15, -0.1) is 11.3 Å². The van der Waals surface area contributed by atoms with Gasteiger partial charge in [0, 0.05) is 21.8 Å². The van der Waals surface area contributed by atoms with Gasteiger partial charge in [0.15, 0.2) is 0 Å². The van der Waals surface area contributed by atoms with Crippen LogP contribution in [-0.2, 0) is 15.6 Å². The molecule has 0 bridgehead atoms. The van der Waals surface area contributed by atoms with Gasteiger partial charge in [0.2, 0.25) is 16.0 Å². The summed E-state index contributed by atoms with van der Waals surface area (Å²) in [5.41, 5.74) is 0.174. The molecule has 1 aromatic carbocycles. The number of sulfonamides is 1. The second-order valence-corrected chi connectivity index (χ2v) is 9.22. The largest absolute Gasteiger partial charge is 0.344 e. The zero-order valence-corrected chi connectivity index (χ0v) is 15.0. The molecule has 1 saturated heterocycles. The zero-order chi connectivity index (χ0) is 16.8. The van der Waals surface area contributed by atoms with E-state index >= 15 is 0 Å². The highest BCUT2D eigenvalue weighted by atomic mass is 35.5. The number of rotatable bonds is 2. The van der Waals surface area contributed by atoms with Crippen molar-refractivity contribution in [3.63, 3.8) is 0 Å². The van der Waals surface area contributed by atoms with E-state index < -0.39 is 15.6 Å². The summed E-state index contributed by atoms with van der Waals surface area (Å²) < 4.78 is 25.4. The van der Waals surface area contributed by atoms with E-state index in [2.05, 4.69) is 5.32 Å². The lowest BCUT2D eigenvalue weighted by Crippen LogP contribution is -2.60. The topological polar surface area (TPSA) is 73.3 Å². The molecule has 23 heavy (non-hydrogen) atoms. The van der Waals surface area contributed by atoms with E-state index in [1.165, 1.54) is 18.4 Å². The van der Waals surface area contributed by atoms with Gasteiger partial charge in [0.1, 0.15) is 0 Å². The number of halogens is 1. The molecule has 5 nitrogen and oxygen atoms in total. The van der Waals surface area contributed by atoms with Crippen molar-refractivity contribution in [3.8, 4) is 10.4 Å². The van der Waals surface area contributed by atoms with Gasteiger partial charge in [0.25, 0.3) is 0 Å². The van der Waals surface area contributed by atoms with Gasteiger partial charge < -0.3 is 5.32 Å². The molecule has 1 aliphatic heterocycles. The van der Waals surface area contributed by atoms with E-state index in [4.69, 9.17) is 17.0 Å². The quantitative estimate of drug-likeness (QED) is 0.854. The summed E-state index contributed by atoms with van der Waals surface area (Å²) in [6.45, 7) is 1.81. The molecule has 1 fully saturated rings. The van der Waals surface area contributed by atoms with Gasteiger partial charge in [-0.3, -0.25) is 5.41 Å². The van der Waals surface area contributed by atoms with E-state index in [9.17, 15) is 8.42 Å². The Kier molecular flexibility index (Phi) is 3.90. The second-order valence-electron chi connectivity index (χ2n) is 5.70. The van der Waals surface area contributed by atoms with Crippen LogP contribution in [0.25, 0.3) is 10.4 Å². The molecule has 1 aliphatic rings. The van der Waals surface area contributed by atoms with Crippen LogP contribution in [0.3, 0.4) is 0 Å². The summed E-state index contributed by atoms with van der Waals surface area (Å²) in [6.07, 6.45) is 0. The highest BCUT2D eigenvalue weighted by Crippen LogP contribution is 2.37. The fraction of sp³-hybridized carbons (Fsp3) is 0.267. The maximum Gasteiger partial charge on any atom is 0.239 e. The third-order valence-electron chi connectivity index (χ3n) is 3.86. The van der Waals surface area contributed by atoms with Gasteiger partial charge in [-0.1, -0.05) is 23.7 Å². The van der Waals surface area contributed by atoms with Crippen LogP contribution >= 0.6 is 22.9 Å². The molecule has 1 aromatic heterocycles. The van der Waals surface area contributed by atoms with Crippen LogP contribution in [0, 0.1) is 5.41 Å². The molecule has 0 radical (unpaired) electrons. The van der Waals surface area contributed by atoms with Crippen LogP contribution in [0.4, 0.5) is 0 Å². The van der Waals surface area contributed by atoms with Gasteiger partial charge in [-0.25, -0.2) is 12.7 Å². The van der Waals surface area contributed by atoms with E-state index in [0.29, 0.717) is 5.02 Å². The molecule has 1 atom stereocenters. The summed E-state index contributed by atoms with van der Waals surface area (Å²) in [5.74, 6) is -0.203. The Labute approximate surface area is 144 Å². The van der Waals surface area contributed by atoms with Crippen LogP contribution in [0.15, 0.2) is 36.4 Å². The molecule has 2 aromatic rings. The third kappa shape index (κ3) is 2.96. The standard InChI is InChI=1S/C15H16ClN3O2S2/c1-15(9-23(20,21)19(2)14(17)18-15)13-7-6-12(22-13)10-4-3-5-11(16)8-10/h3-8H,9H2,1-2H3,(H2,17,18)/t15-/m0/s1. The minimum absolute atomic E-state index is 0.0889. The molecular weight excluding hydrogens is 354 g/mol. The van der Waals surface area contributed by atoms with E-state index in [1.807, 2.05) is 36.4 Å². The molecule has 8 heteroatoms. The lowest BCUT2D eigenvalue weighted by Gasteiger charge is -2.39. The number of thiophene rings is 1. The van der Waals surface area contributed by atoms with Crippen molar-refractivity contribution in [2.24, 2.45) is 0 Å². The van der Waals surface area contributed by atoms with Crippen LogP contribution < -0.4 is 5.32 Å². The van der Waals surface area contributed by atoms with Crippen LogP contribution in [0.2, 0.25) is 5.02 Å². The Hall–Kier alpha value is -1.57. The van der Waals surface area contributed by atoms with Crippen molar-refractivity contribution in [2.75, 3.05) is 12.8 Å². The smallest absolute Gasteiger partial charge is 0.239 e. The third-order valence-corrected chi connectivity index (χ3v) is 7.45. The molecule has 0 amide bonds. The molecule has 0 saturated carbocycles. The normalized spacial score (nSPS) is 23.6. The first-order chi connectivity index (χ1) is 10.7. The SMILES string of the molecule is CN1C(=N)N[C@](C)(c2ccc(-c3cccc(Cl)c3)s2)CS1(=O)=O. The first-order valence-corrected chi connectivity index (χ1v) is 9.71. The van der Waals surface area contributed by atoms with Crippen LogP contribution in [-0.4, -0.2) is 31.5 Å². The fourth-order valence-corrected chi connectivity index (χ4v) is 5.40. The number of nitrogens with zero attached hydrogens (tertiary/aromatic N) is 1. The summed E-state index contributed by atoms with van der Waals surface area (Å²) in [6, 6.07) is 11.4. The molecule has 122 valence electrons. The second kappa shape index (κ2) is 5.51. The van der Waals surface area contributed by atoms with Gasteiger partial charge >= 0.3 is 0 Å². The molecule has 0 aliphatic carbocycles. The maximum atomic E-state index is 12.2. The average molecular weight is 370 g/mol. The Bertz CT molecular complexity index is 878. The molecule has 0 spiro atoms. The molecule has 2 N–H and O–H groups in total. The van der Waals surface area contributed by atoms with Crippen molar-refractivity contribution in [2.45, 2.75) is 12.5 Å². The van der Waals surface area contributed by atoms with Crippen molar-refractivity contribution >= 4 is 38.9 Å². The lowest BCUT2D eigenvalue weighted by atomic mass is 10.0. The van der Waals surface area contributed by atoms with Crippen molar-refractivity contribution < 1.29 is 8.42 Å². The Morgan fingerprint density at radius 2 is 2.09 bits per heavy atom. The lowest BCUT2D eigenvalue weighted by molar-refractivity contribution is 0.424. The Balaban J connectivity index is 1.98. The summed E-state index contributed by atoms with van der Waals surface area (Å²) in [4.78, 5) is 1.88. The number of hydrogen-bond donors (Lipinski definition) is 2. The highest BCUT2D eigenvalue weighted by Gasteiger charge is 2.42. The Morgan fingerprint density at radius 1 is 1.35 bits per heavy atom. The van der Waals surface area contributed by atoms with E-state index in [-0.39, 0.29) is 11.7 Å². The van der Waals surface area contributed by atoms with Crippen molar-refractivity contribution in [1.29, 1.82) is 5.41 Å². The summed E-state index contributed by atoms with van der Waals surface area (Å²) in [7, 11) is -2.11. The molecule has 2 heterocycles. The van der Waals surface area contributed by atoms with Gasteiger partial charge in [0.05, 0.1) is 11.3 Å². The Morgan fingerprint density at radius 3 is 2.74 bits per heavy atom. The molecular formula is C15H16ClN3O2S2. The maximum absolute atomic E-state index is 12.2. The van der Waals surface area contributed by atoms with Crippen molar-refractivity contribution in [1.82, 2.24) is 9.62 Å². The predicted molar refractivity (Wildman–Crippen MR) is 94.5 cm³/mol. The number of nitrogens with one attached hydrogen (secondary N) is 2. The first-order valence-electron chi connectivity index (χ1n) is 6.91. The molecule has 0 unspecified atom stereocenters.